The highest BCUT2D eigenvalue weighted by Gasteiger charge is 2.45. The highest BCUT2D eigenvalue weighted by Crippen LogP contribution is 2.43. The maximum Gasteiger partial charge on any atom is 0.348 e. The molecule has 0 radical (unpaired) electrons. The number of esters is 1. The van der Waals surface area contributed by atoms with E-state index in [9.17, 15) is 14.4 Å². The number of nitrogens with one attached hydrogen (secondary N) is 1. The van der Waals surface area contributed by atoms with E-state index in [0.717, 1.165) is 60.8 Å². The number of anilines is 3. The van der Waals surface area contributed by atoms with Crippen LogP contribution in [0.25, 0.3) is 10.4 Å². The molecule has 0 unspecified atom stereocenters. The molecule has 0 bridgehead atoms. The summed E-state index contributed by atoms with van der Waals surface area (Å²) in [7, 11) is 0. The summed E-state index contributed by atoms with van der Waals surface area (Å²) in [6.07, 6.45) is 4.41. The Labute approximate surface area is 265 Å². The van der Waals surface area contributed by atoms with Crippen LogP contribution >= 0.6 is 11.3 Å². The first kappa shape index (κ1) is 29.2. The van der Waals surface area contributed by atoms with Crippen molar-refractivity contribution in [1.82, 2.24) is 4.98 Å². The molecule has 0 atom stereocenters. The van der Waals surface area contributed by atoms with E-state index in [-0.39, 0.29) is 23.2 Å². The molecular weight excluding hydrogens is 588 g/mol. The molecule has 45 heavy (non-hydrogen) atoms. The summed E-state index contributed by atoms with van der Waals surface area (Å²) in [6, 6.07) is 20.3. The van der Waals surface area contributed by atoms with Crippen molar-refractivity contribution in [3.05, 3.63) is 94.5 Å². The Morgan fingerprint density at radius 2 is 1.80 bits per heavy atom. The number of rotatable bonds is 6. The normalized spacial score (nSPS) is 16.6. The van der Waals surface area contributed by atoms with E-state index in [1.807, 2.05) is 30.3 Å². The smallest absolute Gasteiger partial charge is 0.348 e. The van der Waals surface area contributed by atoms with Crippen molar-refractivity contribution in [3.63, 3.8) is 0 Å². The van der Waals surface area contributed by atoms with E-state index in [1.165, 1.54) is 11.3 Å². The molecule has 2 aromatic heterocycles. The number of hydrogen-bond donors (Lipinski definition) is 1. The van der Waals surface area contributed by atoms with Crippen molar-refractivity contribution in [2.45, 2.75) is 26.2 Å². The standard InChI is InChI=1S/C35H34N4O5S/c1-2-44-34(42)29-20-24-13-17-39(28-8-4-3-6-26(28)30(24)45-29)33(41)23-9-11-25(12-10-23)37-32(40)27-7-5-16-36-31(27)38-21-35(22-38)14-18-43-19-15-35/h3-12,16,20H,2,13-15,17-19,21-22H2,1H3,(H,37,40). The Morgan fingerprint density at radius 3 is 2.58 bits per heavy atom. The monoisotopic (exact) mass is 622 g/mol. The Bertz CT molecular complexity index is 1750. The van der Waals surface area contributed by atoms with Crippen LogP contribution in [-0.2, 0) is 15.9 Å². The van der Waals surface area contributed by atoms with Crippen LogP contribution in [-0.4, -0.2) is 62.2 Å². The number of aromatic nitrogens is 1. The molecule has 7 rings (SSSR count). The zero-order chi connectivity index (χ0) is 31.0. The molecule has 10 heteroatoms. The third kappa shape index (κ3) is 5.60. The molecule has 0 aliphatic carbocycles. The Kier molecular flexibility index (Phi) is 7.85. The van der Waals surface area contributed by atoms with Gasteiger partial charge in [0.2, 0.25) is 0 Å². The molecule has 1 N–H and O–H groups in total. The van der Waals surface area contributed by atoms with Gasteiger partial charge in [0, 0.05) is 66.2 Å². The van der Waals surface area contributed by atoms with Crippen molar-refractivity contribution in [3.8, 4) is 10.4 Å². The first-order valence-corrected chi connectivity index (χ1v) is 16.2. The number of pyridine rings is 1. The molecule has 3 aliphatic heterocycles. The van der Waals surface area contributed by atoms with E-state index < -0.39 is 0 Å². The van der Waals surface area contributed by atoms with Crippen LogP contribution in [0.3, 0.4) is 0 Å². The minimum Gasteiger partial charge on any atom is -0.462 e. The summed E-state index contributed by atoms with van der Waals surface area (Å²) >= 11 is 1.40. The number of para-hydroxylation sites is 1. The molecule has 2 amide bonds. The second kappa shape index (κ2) is 12.1. The van der Waals surface area contributed by atoms with Crippen LogP contribution in [0.15, 0.2) is 72.9 Å². The number of carbonyl (C=O) groups excluding carboxylic acids is 3. The maximum atomic E-state index is 13.8. The Hall–Kier alpha value is -4.54. The Morgan fingerprint density at radius 1 is 1.02 bits per heavy atom. The van der Waals surface area contributed by atoms with Crippen molar-refractivity contribution in [2.75, 3.05) is 54.6 Å². The van der Waals surface area contributed by atoms with Crippen LogP contribution in [0.1, 0.15) is 55.7 Å². The van der Waals surface area contributed by atoms with E-state index in [4.69, 9.17) is 9.47 Å². The third-order valence-electron chi connectivity index (χ3n) is 8.90. The van der Waals surface area contributed by atoms with Crippen molar-refractivity contribution < 1.29 is 23.9 Å². The van der Waals surface area contributed by atoms with Gasteiger partial charge < -0.3 is 24.6 Å². The van der Waals surface area contributed by atoms with Gasteiger partial charge in [-0.25, -0.2) is 9.78 Å². The molecular formula is C35H34N4O5S. The molecule has 2 fully saturated rings. The van der Waals surface area contributed by atoms with Gasteiger partial charge in [-0.15, -0.1) is 11.3 Å². The van der Waals surface area contributed by atoms with E-state index in [0.29, 0.717) is 47.1 Å². The number of fused-ring (bicyclic) bond motifs is 3. The van der Waals surface area contributed by atoms with Crippen LogP contribution in [0.5, 0.6) is 0 Å². The first-order valence-electron chi connectivity index (χ1n) is 15.3. The number of benzene rings is 2. The van der Waals surface area contributed by atoms with Gasteiger partial charge in [-0.2, -0.15) is 0 Å². The highest BCUT2D eigenvalue weighted by molar-refractivity contribution is 7.17. The SMILES string of the molecule is CCOC(=O)c1cc2c(s1)-c1ccccc1N(C(=O)c1ccc(NC(=O)c3cccnc3N3CC4(CCOCC4)C3)cc1)CC2. The molecule has 0 saturated carbocycles. The fourth-order valence-electron chi connectivity index (χ4n) is 6.52. The largest absolute Gasteiger partial charge is 0.462 e. The lowest BCUT2D eigenvalue weighted by atomic mass is 9.73. The molecule has 3 aliphatic rings. The zero-order valence-electron chi connectivity index (χ0n) is 25.1. The molecule has 5 heterocycles. The van der Waals surface area contributed by atoms with Crippen LogP contribution in [0, 0.1) is 5.41 Å². The van der Waals surface area contributed by atoms with Gasteiger partial charge in [0.1, 0.15) is 10.7 Å². The van der Waals surface area contributed by atoms with Gasteiger partial charge in [-0.05, 0) is 80.3 Å². The topological polar surface area (TPSA) is 101 Å². The van der Waals surface area contributed by atoms with E-state index in [1.54, 1.807) is 54.4 Å². The van der Waals surface area contributed by atoms with Crippen LogP contribution < -0.4 is 15.1 Å². The van der Waals surface area contributed by atoms with Crippen LogP contribution in [0.4, 0.5) is 17.2 Å². The Balaban J connectivity index is 1.06. The van der Waals surface area contributed by atoms with Gasteiger partial charge in [-0.1, -0.05) is 18.2 Å². The summed E-state index contributed by atoms with van der Waals surface area (Å²) in [4.78, 5) is 49.7. The number of hydrogen-bond acceptors (Lipinski definition) is 8. The van der Waals surface area contributed by atoms with Gasteiger partial charge in [0.05, 0.1) is 17.9 Å². The summed E-state index contributed by atoms with van der Waals surface area (Å²) in [5.41, 5.74) is 4.65. The van der Waals surface area contributed by atoms with E-state index in [2.05, 4.69) is 15.2 Å². The predicted octanol–water partition coefficient (Wildman–Crippen LogP) is 6.06. The minimum absolute atomic E-state index is 0.129. The molecule has 2 saturated heterocycles. The number of thiophene rings is 1. The number of carbonyl (C=O) groups is 3. The summed E-state index contributed by atoms with van der Waals surface area (Å²) < 4.78 is 10.8. The van der Waals surface area contributed by atoms with Crippen LogP contribution in [0.2, 0.25) is 0 Å². The molecule has 1 spiro atoms. The van der Waals surface area contributed by atoms with Crippen molar-refractivity contribution in [1.29, 1.82) is 0 Å². The quantitative estimate of drug-likeness (QED) is 0.261. The molecule has 9 nitrogen and oxygen atoms in total. The van der Waals surface area contributed by atoms with Gasteiger partial charge in [0.25, 0.3) is 11.8 Å². The third-order valence-corrected chi connectivity index (χ3v) is 10.1. The number of nitrogens with zero attached hydrogens (tertiary/aromatic N) is 3. The van der Waals surface area contributed by atoms with Gasteiger partial charge in [-0.3, -0.25) is 9.59 Å². The second-order valence-corrected chi connectivity index (χ2v) is 12.8. The lowest BCUT2D eigenvalue weighted by Gasteiger charge is -2.53. The van der Waals surface area contributed by atoms with Gasteiger partial charge >= 0.3 is 5.97 Å². The maximum absolute atomic E-state index is 13.8. The first-order chi connectivity index (χ1) is 21.9. The number of ether oxygens (including phenoxy) is 2. The highest BCUT2D eigenvalue weighted by atomic mass is 32.1. The lowest BCUT2D eigenvalue weighted by Crippen LogP contribution is -2.59. The van der Waals surface area contributed by atoms with Gasteiger partial charge in [0.15, 0.2) is 0 Å². The predicted molar refractivity (Wildman–Crippen MR) is 174 cm³/mol. The number of amides is 2. The average molecular weight is 623 g/mol. The fourth-order valence-corrected chi connectivity index (χ4v) is 7.66. The van der Waals surface area contributed by atoms with Crippen molar-refractivity contribution in [2.24, 2.45) is 5.41 Å². The summed E-state index contributed by atoms with van der Waals surface area (Å²) in [6.45, 7) is 5.92. The zero-order valence-corrected chi connectivity index (χ0v) is 25.9. The average Bonchev–Trinajstić information content (AvgIpc) is 3.42. The van der Waals surface area contributed by atoms with Crippen molar-refractivity contribution >= 4 is 46.3 Å². The minimum atomic E-state index is -0.322. The summed E-state index contributed by atoms with van der Waals surface area (Å²) in [5, 5.41) is 2.99. The fraction of sp³-hybridized carbons (Fsp3) is 0.314. The molecule has 2 aromatic carbocycles. The lowest BCUT2D eigenvalue weighted by molar-refractivity contribution is -0.000511. The molecule has 4 aromatic rings. The van der Waals surface area contributed by atoms with E-state index >= 15 is 0 Å². The molecule has 230 valence electrons. The second-order valence-electron chi connectivity index (χ2n) is 11.8. The summed E-state index contributed by atoms with van der Waals surface area (Å²) in [5.74, 6) is 0.00817.